The summed E-state index contributed by atoms with van der Waals surface area (Å²) in [4.78, 5) is 12.4. The first kappa shape index (κ1) is 18.1. The molecule has 0 saturated heterocycles. The maximum absolute atomic E-state index is 13.3. The van der Waals surface area contributed by atoms with Gasteiger partial charge in [0.25, 0.3) is 5.91 Å². The average Bonchev–Trinajstić information content (AvgIpc) is 2.47. The Morgan fingerprint density at radius 1 is 1.29 bits per heavy atom. The maximum atomic E-state index is 13.3. The van der Waals surface area contributed by atoms with Crippen LogP contribution in [0.5, 0.6) is 5.75 Å². The fourth-order valence-corrected chi connectivity index (χ4v) is 2.87. The van der Waals surface area contributed by atoms with E-state index in [9.17, 15) is 9.18 Å². The van der Waals surface area contributed by atoms with Crippen molar-refractivity contribution in [1.29, 1.82) is 0 Å². The van der Waals surface area contributed by atoms with Gasteiger partial charge in [-0.1, -0.05) is 6.07 Å². The molecule has 2 aromatic rings. The first-order valence-corrected chi connectivity index (χ1v) is 7.49. The summed E-state index contributed by atoms with van der Waals surface area (Å²) in [6.07, 6.45) is 0.602. The molecule has 1 atom stereocenters. The number of nitrogens with two attached hydrogens (primary N) is 1. The minimum absolute atomic E-state index is 0. The number of hydrogen-bond donors (Lipinski definition) is 2. The summed E-state index contributed by atoms with van der Waals surface area (Å²) < 4.78 is 19.2. The van der Waals surface area contributed by atoms with E-state index in [2.05, 4.69) is 5.32 Å². The lowest BCUT2D eigenvalue weighted by Crippen LogP contribution is -2.41. The van der Waals surface area contributed by atoms with Gasteiger partial charge in [0, 0.05) is 23.2 Å². The van der Waals surface area contributed by atoms with Gasteiger partial charge >= 0.3 is 0 Å². The summed E-state index contributed by atoms with van der Waals surface area (Å²) in [5, 5.41) is 2.96. The van der Waals surface area contributed by atoms with Gasteiger partial charge in [0.15, 0.2) is 0 Å². The van der Waals surface area contributed by atoms with E-state index in [0.717, 1.165) is 5.56 Å². The number of nitrogen functional groups attached to an aromatic ring is 1. The molecule has 0 spiro atoms. The molecule has 6 heteroatoms. The van der Waals surface area contributed by atoms with Crippen LogP contribution in [-0.2, 0) is 0 Å². The average molecular weight is 351 g/mol. The number of halogens is 2. The van der Waals surface area contributed by atoms with Gasteiger partial charge in [-0.15, -0.1) is 12.4 Å². The fraction of sp³-hybridized carbons (Fsp3) is 0.278. The topological polar surface area (TPSA) is 64.4 Å². The molecule has 0 saturated carbocycles. The van der Waals surface area contributed by atoms with Crippen molar-refractivity contribution in [3.05, 3.63) is 59.4 Å². The third-order valence-electron chi connectivity index (χ3n) is 3.88. The number of carbonyl (C=O) groups excluding carboxylic acids is 1. The van der Waals surface area contributed by atoms with Crippen molar-refractivity contribution >= 4 is 24.0 Å². The second-order valence-corrected chi connectivity index (χ2v) is 6.40. The molecule has 128 valence electrons. The van der Waals surface area contributed by atoms with Crippen LogP contribution in [0.1, 0.15) is 42.2 Å². The minimum atomic E-state index is -0.436. The molecule has 0 fully saturated rings. The third kappa shape index (κ3) is 3.79. The summed E-state index contributed by atoms with van der Waals surface area (Å²) >= 11 is 0. The second-order valence-electron chi connectivity index (χ2n) is 6.40. The molecule has 4 nitrogen and oxygen atoms in total. The standard InChI is InChI=1S/C18H19FN2O2.ClH/c1-18(2)10-15(14-9-13(20)6-7-16(14)23-18)21-17(22)11-4-3-5-12(19)8-11;/h3-9,15H,10,20H2,1-2H3,(H,21,22);1H. The maximum Gasteiger partial charge on any atom is 0.251 e. The van der Waals surface area contributed by atoms with Crippen molar-refractivity contribution in [2.24, 2.45) is 0 Å². The molecular weight excluding hydrogens is 331 g/mol. The summed E-state index contributed by atoms with van der Waals surface area (Å²) in [6.45, 7) is 3.93. The summed E-state index contributed by atoms with van der Waals surface area (Å²) in [7, 11) is 0. The molecule has 2 aromatic carbocycles. The first-order valence-electron chi connectivity index (χ1n) is 7.49. The van der Waals surface area contributed by atoms with Crippen LogP contribution in [0.4, 0.5) is 10.1 Å². The monoisotopic (exact) mass is 350 g/mol. The lowest BCUT2D eigenvalue weighted by atomic mass is 9.89. The van der Waals surface area contributed by atoms with Gasteiger partial charge in [-0.05, 0) is 50.2 Å². The largest absolute Gasteiger partial charge is 0.487 e. The van der Waals surface area contributed by atoms with Crippen molar-refractivity contribution < 1.29 is 13.9 Å². The van der Waals surface area contributed by atoms with Crippen molar-refractivity contribution in [2.45, 2.75) is 31.9 Å². The summed E-state index contributed by atoms with van der Waals surface area (Å²) in [5.74, 6) is -0.0461. The van der Waals surface area contributed by atoms with Crippen LogP contribution in [0.25, 0.3) is 0 Å². The van der Waals surface area contributed by atoms with Crippen molar-refractivity contribution in [1.82, 2.24) is 5.32 Å². The van der Waals surface area contributed by atoms with Gasteiger partial charge in [-0.3, -0.25) is 4.79 Å². The Hall–Kier alpha value is -2.27. The summed E-state index contributed by atoms with van der Waals surface area (Å²) in [6, 6.07) is 10.8. The predicted molar refractivity (Wildman–Crippen MR) is 94.0 cm³/mol. The zero-order chi connectivity index (χ0) is 16.6. The minimum Gasteiger partial charge on any atom is -0.487 e. The van der Waals surface area contributed by atoms with Gasteiger partial charge in [-0.25, -0.2) is 4.39 Å². The highest BCUT2D eigenvalue weighted by atomic mass is 35.5. The molecule has 1 aliphatic rings. The highest BCUT2D eigenvalue weighted by Gasteiger charge is 2.34. The Morgan fingerprint density at radius 2 is 2.04 bits per heavy atom. The lowest BCUT2D eigenvalue weighted by molar-refractivity contribution is 0.0620. The van der Waals surface area contributed by atoms with Gasteiger partial charge in [-0.2, -0.15) is 0 Å². The number of benzene rings is 2. The molecule has 1 amide bonds. The predicted octanol–water partition coefficient (Wildman–Crippen LogP) is 3.86. The van der Waals surface area contributed by atoms with Crippen LogP contribution in [0.15, 0.2) is 42.5 Å². The Labute approximate surface area is 146 Å². The number of fused-ring (bicyclic) bond motifs is 1. The molecule has 3 N–H and O–H groups in total. The van der Waals surface area contributed by atoms with Crippen LogP contribution in [0.3, 0.4) is 0 Å². The van der Waals surface area contributed by atoms with Gasteiger partial charge in [0.1, 0.15) is 17.2 Å². The number of rotatable bonds is 2. The zero-order valence-electron chi connectivity index (χ0n) is 13.5. The molecule has 0 aromatic heterocycles. The molecule has 0 bridgehead atoms. The van der Waals surface area contributed by atoms with Crippen LogP contribution < -0.4 is 15.8 Å². The number of nitrogens with one attached hydrogen (secondary N) is 1. The van der Waals surface area contributed by atoms with Crippen molar-refractivity contribution in [3.63, 3.8) is 0 Å². The molecule has 1 unspecified atom stereocenters. The number of carbonyl (C=O) groups is 1. The molecule has 1 heterocycles. The van der Waals surface area contributed by atoms with Crippen LogP contribution in [0.2, 0.25) is 0 Å². The summed E-state index contributed by atoms with van der Waals surface area (Å²) in [5.41, 5.74) is 7.18. The molecule has 3 rings (SSSR count). The highest BCUT2D eigenvalue weighted by molar-refractivity contribution is 5.94. The van der Waals surface area contributed by atoms with Gasteiger partial charge in [0.2, 0.25) is 0 Å². The van der Waals surface area contributed by atoms with Crippen LogP contribution in [-0.4, -0.2) is 11.5 Å². The normalized spacial score (nSPS) is 17.9. The van der Waals surface area contributed by atoms with E-state index < -0.39 is 11.4 Å². The van der Waals surface area contributed by atoms with Gasteiger partial charge < -0.3 is 15.8 Å². The number of ether oxygens (including phenoxy) is 1. The van der Waals surface area contributed by atoms with E-state index in [1.807, 2.05) is 19.9 Å². The quantitative estimate of drug-likeness (QED) is 0.808. The molecule has 0 aliphatic carbocycles. The van der Waals surface area contributed by atoms with E-state index in [1.54, 1.807) is 18.2 Å². The number of anilines is 1. The zero-order valence-corrected chi connectivity index (χ0v) is 14.3. The Bertz CT molecular complexity index is 764. The third-order valence-corrected chi connectivity index (χ3v) is 3.88. The molecular formula is C18H20ClFN2O2. The van der Waals surface area contributed by atoms with E-state index in [1.165, 1.54) is 18.2 Å². The Morgan fingerprint density at radius 3 is 2.75 bits per heavy atom. The lowest BCUT2D eigenvalue weighted by Gasteiger charge is -2.38. The molecule has 24 heavy (non-hydrogen) atoms. The highest BCUT2D eigenvalue weighted by Crippen LogP contribution is 2.40. The fourth-order valence-electron chi connectivity index (χ4n) is 2.87. The Kier molecular flexibility index (Phi) is 5.04. The van der Waals surface area contributed by atoms with E-state index >= 15 is 0 Å². The number of hydrogen-bond acceptors (Lipinski definition) is 3. The van der Waals surface area contributed by atoms with Crippen LogP contribution in [0, 0.1) is 5.82 Å². The van der Waals surface area contributed by atoms with E-state index in [4.69, 9.17) is 10.5 Å². The van der Waals surface area contributed by atoms with Crippen molar-refractivity contribution in [2.75, 3.05) is 5.73 Å². The van der Waals surface area contributed by atoms with E-state index in [-0.39, 0.29) is 24.4 Å². The smallest absolute Gasteiger partial charge is 0.251 e. The number of amides is 1. The van der Waals surface area contributed by atoms with Crippen LogP contribution >= 0.6 is 12.4 Å². The first-order chi connectivity index (χ1) is 10.8. The molecule has 1 aliphatic heterocycles. The second kappa shape index (κ2) is 6.69. The Balaban J connectivity index is 0.00000208. The van der Waals surface area contributed by atoms with Crippen molar-refractivity contribution in [3.8, 4) is 5.75 Å². The molecule has 0 radical (unpaired) electrons. The van der Waals surface area contributed by atoms with Gasteiger partial charge in [0.05, 0.1) is 6.04 Å². The SMILES string of the molecule is CC1(C)CC(NC(=O)c2cccc(F)c2)c2cc(N)ccc2O1.Cl. The van der Waals surface area contributed by atoms with E-state index in [0.29, 0.717) is 23.4 Å².